The van der Waals surface area contributed by atoms with Crippen molar-refractivity contribution in [2.24, 2.45) is 0 Å². The number of carboxylic acids is 1. The second-order valence-corrected chi connectivity index (χ2v) is 118. The van der Waals surface area contributed by atoms with E-state index in [1.54, 1.807) is 0 Å². The van der Waals surface area contributed by atoms with E-state index in [0.29, 0.717) is 0 Å². The van der Waals surface area contributed by atoms with Gasteiger partial charge >= 0.3 is 29.1 Å². The molecule has 0 aliphatic carbocycles. The summed E-state index contributed by atoms with van der Waals surface area (Å²) in [4.78, 5) is 20.9. The molecule has 3 rings (SSSR count). The molecule has 1 heterocycles. The van der Waals surface area contributed by atoms with E-state index >= 15 is 0 Å². The molecule has 0 spiro atoms. The quantitative estimate of drug-likeness (QED) is 0.0795. The molecule has 17 unspecified atom stereocenters. The number of hydrogen-bond acceptors (Lipinski definition) is 10. The first kappa shape index (κ1) is 113. The normalized spacial score (nSPS) is 10.7. The van der Waals surface area contributed by atoms with Crippen molar-refractivity contribution in [2.75, 3.05) is 0 Å². The largest absolute Gasteiger partial charge is 0.478 e. The molecule has 0 aliphatic rings. The predicted molar refractivity (Wildman–Crippen MR) is 435 cm³/mol. The Morgan fingerprint density at radius 3 is 1.10 bits per heavy atom. The van der Waals surface area contributed by atoms with Crippen molar-refractivity contribution in [3.05, 3.63) is 75.1 Å². The van der Waals surface area contributed by atoms with E-state index in [1.807, 2.05) is 0 Å². The number of carbonyl (C=O) groups excluding carboxylic acids is 1. The summed E-state index contributed by atoms with van der Waals surface area (Å²) >= 11 is 10.2. The van der Waals surface area contributed by atoms with Crippen LogP contribution in [0.5, 0.6) is 0 Å². The zero-order valence-corrected chi connectivity index (χ0v) is 77.2. The topological polar surface area (TPSA) is 174 Å². The first-order valence-corrected chi connectivity index (χ1v) is 71.7. The van der Waals surface area contributed by atoms with Crippen LogP contribution < -0.4 is 0 Å². The highest BCUT2D eigenvalue weighted by atomic mass is 36.0. The summed E-state index contributed by atoms with van der Waals surface area (Å²) in [6, 6.07) is 4.77. The van der Waals surface area contributed by atoms with E-state index in [1.165, 1.54) is 0 Å². The van der Waals surface area contributed by atoms with E-state index in [9.17, 15) is 27.2 Å². The molecule has 2 aromatic carbocycles. The molecule has 17 atom stereocenters. The minimum absolute atomic E-state index is 0. The third-order valence-electron chi connectivity index (χ3n) is 5.04. The molecule has 0 saturated heterocycles. The fourth-order valence-corrected chi connectivity index (χ4v) is 255. The molecular formula is C19H46Cl12F4O10P26S6. The fraction of sp³-hybridized carbons (Fsp3) is 0.0526. The smallest absolute Gasteiger partial charge is 0.335 e. The van der Waals surface area contributed by atoms with Gasteiger partial charge in [0.2, 0.25) is 27.7 Å². The molecule has 0 fully saturated rings. The van der Waals surface area contributed by atoms with Crippen molar-refractivity contribution in [3.63, 3.8) is 0 Å². The second-order valence-electron chi connectivity index (χ2n) is 9.56. The number of fused-ring (bicyclic) bond motifs is 1. The van der Waals surface area contributed by atoms with Crippen LogP contribution in [0.1, 0.15) is 22.7 Å². The fourth-order valence-electron chi connectivity index (χ4n) is 3.06. The Balaban J connectivity index is -0.0000000747. The maximum absolute atomic E-state index is 13.3. The minimum atomic E-state index is -1.67. The Bertz CT molecular complexity index is 2150. The zero-order valence-electron chi connectivity index (χ0n) is 35.9. The highest BCUT2D eigenvalue weighted by molar-refractivity contribution is 9.30. The van der Waals surface area contributed by atoms with Gasteiger partial charge in [-0.05, 0) is 125 Å². The molecular weight excluding hydrogens is 1890 g/mol. The summed E-state index contributed by atoms with van der Waals surface area (Å²) < 4.78 is 112. The minimum Gasteiger partial charge on any atom is -0.478 e. The standard InChI is InChI=1S/C9H2Cl2F2OS.C9H6F2O2.CH4.3Cl2OS.4ClH.2O2S.H18P16.H12P10/c10-6-5-3(12)1-2-4(13)7(5)15-8(6)9(11)14;10-7-2-3-8(11)6(5-7)1-4-9(12)13;;3*1-4(2)3;;;;;2*1-3-2;1-10(2)14(9)16(13(7)8)15(11(3)4)12(5)6;1-7(2)10(8(3)4)9(5)6/h1-2H;1-5H,(H,12,13);1H4;;;;4*1H;;;1-9H2;1-6H2/b;4-1+;;;;;;;;;;;;. The SMILES string of the molecule is C.Cl.Cl.Cl.Cl.O=C(Cl)c1sc2c(F)ccc(F)c2c1Cl.O=C(O)/C=C/c1cc(F)ccc1F.O=S(Cl)Cl.O=S(Cl)Cl.O=S(Cl)Cl.O=S=O.O=S=O.PP(P)P(P(P)P)P(P)P.PP(P)P(P)P(P(P)P)P(P(P)P)P(P)P. The highest BCUT2D eigenvalue weighted by Gasteiger charge is 2.35. The highest BCUT2D eigenvalue weighted by Crippen LogP contribution is 3.24. The van der Waals surface area contributed by atoms with Crippen LogP contribution in [0.4, 0.5) is 17.6 Å². The molecule has 0 bridgehead atoms. The van der Waals surface area contributed by atoms with Crippen molar-refractivity contribution < 1.29 is 61.7 Å². The van der Waals surface area contributed by atoms with Crippen molar-refractivity contribution in [1.29, 1.82) is 0 Å². The van der Waals surface area contributed by atoms with Crippen LogP contribution in [-0.4, -0.2) is 45.8 Å². The number of rotatable bonds is 12. The van der Waals surface area contributed by atoms with Gasteiger partial charge in [0.25, 0.3) is 5.24 Å². The van der Waals surface area contributed by atoms with Crippen LogP contribution in [0.15, 0.2) is 36.4 Å². The Morgan fingerprint density at radius 2 is 0.857 bits per heavy atom. The van der Waals surface area contributed by atoms with Crippen molar-refractivity contribution in [2.45, 2.75) is 7.43 Å². The molecule has 77 heavy (non-hydrogen) atoms. The van der Waals surface area contributed by atoms with Crippen LogP contribution in [0.2, 0.25) is 5.02 Å². The first-order chi connectivity index (χ1) is 32.8. The van der Waals surface area contributed by atoms with E-state index < -0.39 is 85.3 Å². The summed E-state index contributed by atoms with van der Waals surface area (Å²) in [5.74, 6) is -3.76. The molecule has 0 aliphatic heterocycles. The van der Waals surface area contributed by atoms with Crippen LogP contribution >= 0.6 is 359 Å². The number of carbonyl (C=O) groups is 2. The van der Waals surface area contributed by atoms with Gasteiger partial charge in [-0.25, -0.2) is 35.0 Å². The maximum Gasteiger partial charge on any atom is 0.335 e. The maximum atomic E-state index is 13.3. The van der Waals surface area contributed by atoms with E-state index in [2.05, 4.69) is 198 Å². The van der Waals surface area contributed by atoms with Gasteiger partial charge < -0.3 is 5.11 Å². The predicted octanol–water partition coefficient (Wildman–Crippen LogP) is 24.7. The summed E-state index contributed by atoms with van der Waals surface area (Å²) in [5, 5.41) is 7.19. The average molecular weight is 1930 g/mol. The van der Waals surface area contributed by atoms with Gasteiger partial charge in [0.15, 0.2) is 0 Å². The van der Waals surface area contributed by atoms with Crippen LogP contribution in [0.25, 0.3) is 16.2 Å². The lowest BCUT2D eigenvalue weighted by Crippen LogP contribution is -1.88. The molecule has 1 aromatic heterocycles. The third-order valence-corrected chi connectivity index (χ3v) is 153. The number of benzene rings is 2. The zero-order chi connectivity index (χ0) is 58.5. The number of aliphatic carboxylic acids is 1. The summed E-state index contributed by atoms with van der Waals surface area (Å²) in [6.45, 7) is 1.36. The van der Waals surface area contributed by atoms with E-state index in [4.69, 9.17) is 57.8 Å². The molecule has 1 N–H and O–H groups in total. The number of halogens is 16. The molecule has 0 radical (unpaired) electrons. The van der Waals surface area contributed by atoms with Crippen molar-refractivity contribution >= 4 is 437 Å². The van der Waals surface area contributed by atoms with Crippen LogP contribution in [0.3, 0.4) is 0 Å². The lowest BCUT2D eigenvalue weighted by atomic mass is 10.2. The Labute approximate surface area is 573 Å². The number of thiophene rings is 1. The molecule has 3 aromatic rings. The summed E-state index contributed by atoms with van der Waals surface area (Å²) in [6.07, 6.45) is 1.75. The molecule has 0 amide bonds. The third kappa shape index (κ3) is 66.2. The van der Waals surface area contributed by atoms with Crippen LogP contribution in [-0.2, 0) is 55.6 Å². The van der Waals surface area contributed by atoms with Gasteiger partial charge in [-0.15, -0.1) is 195 Å². The lowest BCUT2D eigenvalue weighted by Gasteiger charge is -2.40. The Morgan fingerprint density at radius 1 is 0.558 bits per heavy atom. The van der Waals surface area contributed by atoms with Gasteiger partial charge in [-0.1, -0.05) is 19.0 Å². The second kappa shape index (κ2) is 70.5. The van der Waals surface area contributed by atoms with E-state index in [-0.39, 0.29) is 159 Å². The van der Waals surface area contributed by atoms with Crippen LogP contribution in [0, 0.1) is 23.3 Å². The van der Waals surface area contributed by atoms with Gasteiger partial charge in [-0.3, -0.25) is 4.79 Å². The summed E-state index contributed by atoms with van der Waals surface area (Å²) in [7, 11) is 67.5. The monoisotopic (exact) mass is 1930 g/mol. The molecule has 460 valence electrons. The summed E-state index contributed by atoms with van der Waals surface area (Å²) in [5.41, 5.74) is -0.0811. The van der Waals surface area contributed by atoms with Crippen molar-refractivity contribution in [1.82, 2.24) is 0 Å². The lowest BCUT2D eigenvalue weighted by molar-refractivity contribution is -0.131. The van der Waals surface area contributed by atoms with Crippen molar-refractivity contribution in [3.8, 4) is 0 Å². The molecule has 0 saturated carbocycles. The molecule has 58 heteroatoms. The van der Waals surface area contributed by atoms with Gasteiger partial charge in [-0.2, -0.15) is 16.8 Å². The number of hydrogen-bond donors (Lipinski definition) is 1. The average Bonchev–Trinajstić information content (AvgIpc) is 3.56. The van der Waals surface area contributed by atoms with Gasteiger partial charge in [0.1, 0.15) is 28.1 Å². The Hall–Kier alpha value is 11.7. The van der Waals surface area contributed by atoms with Gasteiger partial charge in [0.05, 0.1) is 15.1 Å². The van der Waals surface area contributed by atoms with E-state index in [0.717, 1.165) is 53.8 Å². The van der Waals surface area contributed by atoms with Gasteiger partial charge in [0, 0.05) is 75.7 Å². The Kier molecular flexibility index (Phi) is 104. The first-order valence-electron chi connectivity index (χ1n) is 15.0. The number of carboxylic acid groups (broad SMARTS) is 1. The molecule has 10 nitrogen and oxygen atoms in total.